The first kappa shape index (κ1) is 49.6. The third kappa shape index (κ3) is 11.2. The predicted molar refractivity (Wildman–Crippen MR) is 267 cm³/mol. The lowest BCUT2D eigenvalue weighted by Gasteiger charge is -2.43. The van der Waals surface area contributed by atoms with Gasteiger partial charge in [-0.3, -0.25) is 28.4 Å². The molecule has 17 heteroatoms. The van der Waals surface area contributed by atoms with Crippen LogP contribution in [0.3, 0.4) is 0 Å². The van der Waals surface area contributed by atoms with E-state index in [0.29, 0.717) is 42.2 Å². The summed E-state index contributed by atoms with van der Waals surface area (Å²) < 4.78 is 54.7. The topological polar surface area (TPSA) is 182 Å². The van der Waals surface area contributed by atoms with Crippen molar-refractivity contribution in [3.8, 4) is 0 Å². The molecule has 1 amide bonds. The second-order valence-electron chi connectivity index (χ2n) is 18.9. The molecule has 15 nitrogen and oxygen atoms in total. The quantitative estimate of drug-likeness (QED) is 0.0644. The van der Waals surface area contributed by atoms with Gasteiger partial charge in [0, 0.05) is 50.4 Å². The van der Waals surface area contributed by atoms with Crippen molar-refractivity contribution in [2.45, 2.75) is 94.3 Å². The molecule has 0 bridgehead atoms. The number of ether oxygens (including phenoxy) is 4. The molecule has 0 aliphatic carbocycles. The van der Waals surface area contributed by atoms with Gasteiger partial charge in [-0.15, -0.1) is 10.6 Å². The molecule has 0 radical (unpaired) electrons. The van der Waals surface area contributed by atoms with Crippen LogP contribution in [0.5, 0.6) is 0 Å². The normalized spacial score (nSPS) is 20.5. The molecule has 0 spiro atoms. The number of H-pyrrole nitrogens is 1. The SMILES string of the molecule is Cc1cn([C@H]2C[C@H](OC(=O)OCCN(Cc3ccccc3)CC3CCCCN3C(=O)OCC3=Cc4ccccc4S3(O)O)[C@@H](CO[Si](c3ccccc3)(c3ccccc3)C(C)(C)C)O2)c(=O)[nH]c1=O. The number of aromatic amines is 1. The molecule has 2 fully saturated rings. The Morgan fingerprint density at radius 3 is 2.20 bits per heavy atom. The van der Waals surface area contributed by atoms with E-state index in [2.05, 4.69) is 54.9 Å². The van der Waals surface area contributed by atoms with Crippen LogP contribution in [0.2, 0.25) is 5.04 Å². The van der Waals surface area contributed by atoms with Gasteiger partial charge in [0.15, 0.2) is 0 Å². The summed E-state index contributed by atoms with van der Waals surface area (Å²) in [6, 6.07) is 37.0. The molecule has 5 aromatic rings. The fourth-order valence-electron chi connectivity index (χ4n) is 9.73. The highest BCUT2D eigenvalue weighted by atomic mass is 32.3. The predicted octanol–water partition coefficient (Wildman–Crippen LogP) is 7.89. The van der Waals surface area contributed by atoms with Gasteiger partial charge in [0.05, 0.1) is 16.4 Å². The minimum absolute atomic E-state index is 0.0251. The Kier molecular flexibility index (Phi) is 15.4. The number of nitrogens with zero attached hydrogens (tertiary/aromatic N) is 3. The Morgan fingerprint density at radius 1 is 0.884 bits per heavy atom. The number of hydrogen-bond acceptors (Lipinski definition) is 12. The van der Waals surface area contributed by atoms with Gasteiger partial charge >= 0.3 is 17.9 Å². The highest BCUT2D eigenvalue weighted by Gasteiger charge is 2.52. The second kappa shape index (κ2) is 21.5. The molecule has 8 rings (SSSR count). The monoisotopic (exact) mass is 978 g/mol. The third-order valence-electron chi connectivity index (χ3n) is 13.2. The van der Waals surface area contributed by atoms with Crippen LogP contribution >= 0.6 is 10.6 Å². The van der Waals surface area contributed by atoms with Gasteiger partial charge < -0.3 is 28.3 Å². The van der Waals surface area contributed by atoms with Crippen molar-refractivity contribution in [3.05, 3.63) is 164 Å². The van der Waals surface area contributed by atoms with E-state index in [4.69, 9.17) is 23.4 Å². The van der Waals surface area contributed by atoms with Crippen molar-refractivity contribution in [1.29, 1.82) is 0 Å². The number of fused-ring (bicyclic) bond motifs is 1. The third-order valence-corrected chi connectivity index (χ3v) is 20.2. The zero-order chi connectivity index (χ0) is 48.8. The van der Waals surface area contributed by atoms with Crippen molar-refractivity contribution in [2.75, 3.05) is 39.5 Å². The zero-order valence-corrected chi connectivity index (χ0v) is 41.3. The number of carbonyl (C=O) groups excluding carboxylic acids is 2. The van der Waals surface area contributed by atoms with Gasteiger partial charge in [0.25, 0.3) is 13.9 Å². The molecule has 4 heterocycles. The van der Waals surface area contributed by atoms with Gasteiger partial charge in [0.1, 0.15) is 31.6 Å². The van der Waals surface area contributed by atoms with Crippen LogP contribution in [0.4, 0.5) is 9.59 Å². The number of piperidine rings is 1. The molecule has 69 heavy (non-hydrogen) atoms. The highest BCUT2D eigenvalue weighted by Crippen LogP contribution is 2.61. The van der Waals surface area contributed by atoms with Crippen molar-refractivity contribution in [2.24, 2.45) is 0 Å². The van der Waals surface area contributed by atoms with E-state index in [9.17, 15) is 28.3 Å². The maximum atomic E-state index is 13.8. The number of benzene rings is 4. The van der Waals surface area contributed by atoms with E-state index in [1.165, 1.54) is 10.8 Å². The minimum Gasteiger partial charge on any atom is -0.443 e. The van der Waals surface area contributed by atoms with Crippen LogP contribution in [0, 0.1) is 6.92 Å². The second-order valence-corrected chi connectivity index (χ2v) is 25.3. The Hall–Kier alpha value is -5.79. The summed E-state index contributed by atoms with van der Waals surface area (Å²) in [5.41, 5.74) is 0.906. The number of aryl methyl sites for hydroxylation is 1. The van der Waals surface area contributed by atoms with Crippen LogP contribution in [0.1, 0.15) is 69.4 Å². The molecule has 2 saturated heterocycles. The number of aromatic nitrogens is 2. The molecule has 3 N–H and O–H groups in total. The maximum absolute atomic E-state index is 13.8. The first-order valence-corrected chi connectivity index (χ1v) is 26.9. The minimum atomic E-state index is -3.26. The standard InChI is InChI=1S/C52H62N4O11SSi/c1-37-32-56(49(58)53-48(37)57)47-31-44(45(66-47)36-65-69(52(2,3)4,42-22-10-6-11-23-42)43-24-12-7-13-25-43)67-51(60)63-29-28-54(33-38-18-8-5-9-19-38)34-40-21-16-17-27-55(40)50(59)64-35-41-30-39-20-14-15-26-46(39)68(41,61)62/h5-15,18-20,22-26,30,32,40,44-45,47,61-62H,16-17,21,27-29,31,33-36H2,1-4H3,(H,53,57,58)/t40?,44-,45+,47+/m0/s1. The number of carbonyl (C=O) groups is 2. The summed E-state index contributed by atoms with van der Waals surface area (Å²) in [6.45, 7) is 9.60. The van der Waals surface area contributed by atoms with E-state index in [0.717, 1.165) is 35.2 Å². The summed E-state index contributed by atoms with van der Waals surface area (Å²) in [5, 5.41) is 1.76. The van der Waals surface area contributed by atoms with Gasteiger partial charge in [-0.05, 0) is 64.9 Å². The summed E-state index contributed by atoms with van der Waals surface area (Å²) in [6.07, 6.45) is 1.62. The van der Waals surface area contributed by atoms with E-state index >= 15 is 0 Å². The first-order valence-electron chi connectivity index (χ1n) is 23.5. The van der Waals surface area contributed by atoms with E-state index in [1.807, 2.05) is 72.8 Å². The maximum Gasteiger partial charge on any atom is 0.508 e. The average molecular weight is 979 g/mol. The summed E-state index contributed by atoms with van der Waals surface area (Å²) in [5.74, 6) is 0. The number of hydrogen-bond donors (Lipinski definition) is 3. The molecule has 366 valence electrons. The average Bonchev–Trinajstić information content (AvgIpc) is 3.85. The van der Waals surface area contributed by atoms with Crippen molar-refractivity contribution in [1.82, 2.24) is 19.4 Å². The van der Waals surface area contributed by atoms with Crippen LogP contribution in [0.25, 0.3) is 6.08 Å². The Morgan fingerprint density at radius 2 is 1.54 bits per heavy atom. The molecule has 1 aromatic heterocycles. The van der Waals surface area contributed by atoms with Crippen LogP contribution in [-0.2, 0) is 29.9 Å². The number of amides is 1. The molecule has 3 aliphatic rings. The highest BCUT2D eigenvalue weighted by molar-refractivity contribution is 8.28. The van der Waals surface area contributed by atoms with Gasteiger partial charge in [0.2, 0.25) is 0 Å². The van der Waals surface area contributed by atoms with Gasteiger partial charge in [-0.2, -0.15) is 0 Å². The summed E-state index contributed by atoms with van der Waals surface area (Å²) in [7, 11) is -6.32. The van der Waals surface area contributed by atoms with Gasteiger partial charge in [-0.25, -0.2) is 14.4 Å². The van der Waals surface area contributed by atoms with E-state index in [-0.39, 0.29) is 42.2 Å². The van der Waals surface area contributed by atoms with Crippen molar-refractivity contribution < 1.29 is 42.1 Å². The van der Waals surface area contributed by atoms with Crippen LogP contribution in [0.15, 0.2) is 141 Å². The smallest absolute Gasteiger partial charge is 0.443 e. The Bertz CT molecular complexity index is 2670. The molecular formula is C52H62N4O11SSi. The number of likely N-dealkylation sites (tertiary alicyclic amines) is 1. The van der Waals surface area contributed by atoms with E-state index < -0.39 is 60.8 Å². The Balaban J connectivity index is 0.961. The zero-order valence-electron chi connectivity index (χ0n) is 39.5. The molecule has 1 unspecified atom stereocenters. The Labute approximate surface area is 405 Å². The number of rotatable bonds is 16. The van der Waals surface area contributed by atoms with Crippen molar-refractivity contribution >= 4 is 47.6 Å². The lowest BCUT2D eigenvalue weighted by molar-refractivity contribution is -0.0554. The summed E-state index contributed by atoms with van der Waals surface area (Å²) in [4.78, 5) is 59.8. The molecule has 0 saturated carbocycles. The fourth-order valence-corrected chi connectivity index (χ4v) is 15.8. The van der Waals surface area contributed by atoms with Gasteiger partial charge in [-0.1, -0.05) is 130 Å². The molecular weight excluding hydrogens is 917 g/mol. The largest absolute Gasteiger partial charge is 0.508 e. The van der Waals surface area contributed by atoms with Crippen LogP contribution < -0.4 is 21.6 Å². The summed E-state index contributed by atoms with van der Waals surface area (Å²) >= 11 is 0. The fraction of sp³-hybridized carbons (Fsp3) is 0.385. The lowest BCUT2D eigenvalue weighted by Crippen LogP contribution is -2.67. The van der Waals surface area contributed by atoms with Crippen LogP contribution in [-0.4, -0.2) is 107 Å². The van der Waals surface area contributed by atoms with E-state index in [1.54, 1.807) is 36.1 Å². The molecule has 4 atom stereocenters. The number of nitrogens with one attached hydrogen (secondary N) is 1. The molecule has 4 aromatic carbocycles. The first-order chi connectivity index (χ1) is 33.1. The van der Waals surface area contributed by atoms with Crippen molar-refractivity contribution in [3.63, 3.8) is 0 Å². The molecule has 3 aliphatic heterocycles. The lowest BCUT2D eigenvalue weighted by atomic mass is 10.0.